The predicted molar refractivity (Wildman–Crippen MR) is 136 cm³/mol. The van der Waals surface area contributed by atoms with Crippen LogP contribution in [0.4, 0.5) is 0 Å². The summed E-state index contributed by atoms with van der Waals surface area (Å²) in [5.41, 5.74) is 4.79. The molecule has 0 aromatic heterocycles. The van der Waals surface area contributed by atoms with Crippen LogP contribution in [0.3, 0.4) is 0 Å². The van der Waals surface area contributed by atoms with E-state index in [4.69, 9.17) is 9.47 Å². The van der Waals surface area contributed by atoms with Crippen molar-refractivity contribution in [3.63, 3.8) is 0 Å². The average Bonchev–Trinajstić information content (AvgIpc) is 2.80. The van der Waals surface area contributed by atoms with E-state index in [0.717, 1.165) is 20.4 Å². The highest BCUT2D eigenvalue weighted by Crippen LogP contribution is 2.31. The number of methoxy groups -OCH3 is 2. The number of halogens is 2. The van der Waals surface area contributed by atoms with E-state index in [1.54, 1.807) is 14.2 Å². The summed E-state index contributed by atoms with van der Waals surface area (Å²) in [6.07, 6.45) is 0. The lowest BCUT2D eigenvalue weighted by atomic mass is 10.1. The molecule has 0 heterocycles. The van der Waals surface area contributed by atoms with E-state index >= 15 is 0 Å². The van der Waals surface area contributed by atoms with Crippen LogP contribution >= 0.6 is 31.9 Å². The number of ether oxygens (including phenoxy) is 2. The fraction of sp³-hybridized carbons (Fsp3) is 0.0769. The van der Waals surface area contributed by atoms with Gasteiger partial charge in [0, 0.05) is 0 Å². The van der Waals surface area contributed by atoms with E-state index in [-0.39, 0.29) is 5.48 Å². The normalized spacial score (nSPS) is 9.68. The van der Waals surface area contributed by atoms with E-state index in [0.29, 0.717) is 0 Å². The number of rotatable bonds is 4. The van der Waals surface area contributed by atoms with Gasteiger partial charge in [-0.2, -0.15) is 0 Å². The Bertz CT molecular complexity index is 995. The highest BCUT2D eigenvalue weighted by molar-refractivity contribution is 9.10. The maximum atomic E-state index is 5.19. The quantitative estimate of drug-likeness (QED) is 0.269. The second-order valence-corrected chi connectivity index (χ2v) is 8.14. The maximum absolute atomic E-state index is 5.19. The molecule has 0 aliphatic heterocycles. The van der Waals surface area contributed by atoms with Gasteiger partial charge in [0.2, 0.25) is 0 Å². The molecule has 5 heteroatoms. The molecule has 31 heavy (non-hydrogen) atoms. The third kappa shape index (κ3) is 6.69. The Morgan fingerprint density at radius 3 is 1.13 bits per heavy atom. The molecule has 2 N–H and O–H groups in total. The lowest BCUT2D eigenvalue weighted by Gasteiger charge is -2.06. The first-order chi connectivity index (χ1) is 14.6. The first-order valence-electron chi connectivity index (χ1n) is 9.40. The number of benzene rings is 4. The third-order valence-electron chi connectivity index (χ3n) is 4.52. The van der Waals surface area contributed by atoms with E-state index in [1.807, 2.05) is 48.5 Å². The summed E-state index contributed by atoms with van der Waals surface area (Å²) in [7, 11) is 3.34. The molecular formula is C26H24Br2O3. The highest BCUT2D eigenvalue weighted by atomic mass is 79.9. The fourth-order valence-corrected chi connectivity index (χ4v) is 4.03. The molecule has 0 saturated carbocycles. The topological polar surface area (TPSA) is 50.0 Å². The standard InChI is InChI=1S/2C13H11BrO.H2O/c2*1-15-13-8-7-11(9-12(13)14)10-5-3-2-4-6-10;/h2*2-9H,1H3;1H2. The van der Waals surface area contributed by atoms with Gasteiger partial charge in [-0.3, -0.25) is 0 Å². The SMILES string of the molecule is COc1ccc(-c2ccccc2)cc1Br.COc1ccc(-c2ccccc2)cc1Br.O. The maximum Gasteiger partial charge on any atom is 0.133 e. The molecule has 0 bridgehead atoms. The van der Waals surface area contributed by atoms with Crippen molar-refractivity contribution >= 4 is 31.9 Å². The zero-order valence-electron chi connectivity index (χ0n) is 17.3. The molecule has 0 fully saturated rings. The van der Waals surface area contributed by atoms with Gasteiger partial charge in [0.15, 0.2) is 0 Å². The average molecular weight is 544 g/mol. The van der Waals surface area contributed by atoms with Crippen LogP contribution in [-0.2, 0) is 0 Å². The molecule has 4 aromatic carbocycles. The van der Waals surface area contributed by atoms with Gasteiger partial charge in [-0.05, 0) is 78.4 Å². The lowest BCUT2D eigenvalue weighted by molar-refractivity contribution is 0.412. The largest absolute Gasteiger partial charge is 0.496 e. The Hall–Kier alpha value is -2.60. The van der Waals surface area contributed by atoms with E-state index in [1.165, 1.54) is 22.3 Å². The summed E-state index contributed by atoms with van der Waals surface area (Å²) in [5.74, 6) is 1.71. The molecule has 0 spiro atoms. The molecule has 3 nitrogen and oxygen atoms in total. The fourth-order valence-electron chi connectivity index (χ4n) is 2.95. The van der Waals surface area contributed by atoms with Gasteiger partial charge in [-0.25, -0.2) is 0 Å². The Morgan fingerprint density at radius 1 is 0.484 bits per heavy atom. The predicted octanol–water partition coefficient (Wildman–Crippen LogP) is 7.42. The van der Waals surface area contributed by atoms with Crippen LogP contribution in [-0.4, -0.2) is 19.7 Å². The van der Waals surface area contributed by atoms with Crippen molar-refractivity contribution in [2.45, 2.75) is 0 Å². The van der Waals surface area contributed by atoms with Gasteiger partial charge >= 0.3 is 0 Å². The summed E-state index contributed by atoms with van der Waals surface area (Å²) >= 11 is 6.96. The molecule has 0 atom stereocenters. The van der Waals surface area contributed by atoms with Gasteiger partial charge in [0.05, 0.1) is 23.2 Å². The number of hydrogen-bond acceptors (Lipinski definition) is 2. The second-order valence-electron chi connectivity index (χ2n) is 6.43. The zero-order chi connectivity index (χ0) is 21.3. The molecule has 0 aliphatic carbocycles. The van der Waals surface area contributed by atoms with E-state index < -0.39 is 0 Å². The Balaban J connectivity index is 0.000000213. The van der Waals surface area contributed by atoms with Crippen molar-refractivity contribution < 1.29 is 14.9 Å². The van der Waals surface area contributed by atoms with Gasteiger partial charge in [0.1, 0.15) is 11.5 Å². The van der Waals surface area contributed by atoms with Gasteiger partial charge in [-0.15, -0.1) is 0 Å². The molecule has 0 radical (unpaired) electrons. The molecular weight excluding hydrogens is 520 g/mol. The van der Waals surface area contributed by atoms with Gasteiger partial charge in [-0.1, -0.05) is 72.8 Å². The summed E-state index contributed by atoms with van der Waals surface area (Å²) < 4.78 is 12.3. The molecule has 0 aliphatic rings. The third-order valence-corrected chi connectivity index (χ3v) is 5.76. The highest BCUT2D eigenvalue weighted by Gasteiger charge is 2.03. The molecule has 4 rings (SSSR count). The van der Waals surface area contributed by atoms with Crippen molar-refractivity contribution in [3.8, 4) is 33.8 Å². The smallest absolute Gasteiger partial charge is 0.133 e. The van der Waals surface area contributed by atoms with E-state index in [2.05, 4.69) is 80.4 Å². The summed E-state index contributed by atoms with van der Waals surface area (Å²) in [4.78, 5) is 0. The first-order valence-corrected chi connectivity index (χ1v) is 11.0. The zero-order valence-corrected chi connectivity index (χ0v) is 20.5. The van der Waals surface area contributed by atoms with Crippen LogP contribution < -0.4 is 9.47 Å². The van der Waals surface area contributed by atoms with Crippen LogP contribution in [0.2, 0.25) is 0 Å². The van der Waals surface area contributed by atoms with E-state index in [9.17, 15) is 0 Å². The lowest BCUT2D eigenvalue weighted by Crippen LogP contribution is -1.85. The summed E-state index contributed by atoms with van der Waals surface area (Å²) in [6, 6.07) is 32.7. The van der Waals surface area contributed by atoms with Crippen LogP contribution in [0.15, 0.2) is 106 Å². The Kier molecular flexibility index (Phi) is 9.79. The minimum Gasteiger partial charge on any atom is -0.496 e. The monoisotopic (exact) mass is 542 g/mol. The van der Waals surface area contributed by atoms with Crippen molar-refractivity contribution in [1.82, 2.24) is 0 Å². The van der Waals surface area contributed by atoms with Gasteiger partial charge in [0.25, 0.3) is 0 Å². The Morgan fingerprint density at radius 2 is 0.839 bits per heavy atom. The van der Waals surface area contributed by atoms with Crippen molar-refractivity contribution in [2.75, 3.05) is 14.2 Å². The van der Waals surface area contributed by atoms with Crippen LogP contribution in [0.5, 0.6) is 11.5 Å². The summed E-state index contributed by atoms with van der Waals surface area (Å²) in [5, 5.41) is 0. The minimum atomic E-state index is 0. The minimum absolute atomic E-state index is 0. The molecule has 0 amide bonds. The van der Waals surface area contributed by atoms with Crippen molar-refractivity contribution in [2.24, 2.45) is 0 Å². The van der Waals surface area contributed by atoms with Crippen molar-refractivity contribution in [1.29, 1.82) is 0 Å². The van der Waals surface area contributed by atoms with Crippen molar-refractivity contribution in [3.05, 3.63) is 106 Å². The molecule has 0 unspecified atom stereocenters. The molecule has 160 valence electrons. The Labute approximate surface area is 200 Å². The van der Waals surface area contributed by atoms with Crippen LogP contribution in [0.25, 0.3) is 22.3 Å². The van der Waals surface area contributed by atoms with Crippen LogP contribution in [0, 0.1) is 0 Å². The van der Waals surface area contributed by atoms with Crippen LogP contribution in [0.1, 0.15) is 0 Å². The summed E-state index contributed by atoms with van der Waals surface area (Å²) in [6.45, 7) is 0. The number of hydrogen-bond donors (Lipinski definition) is 0. The second kappa shape index (κ2) is 12.3. The molecule has 4 aromatic rings. The molecule has 0 saturated heterocycles. The van der Waals surface area contributed by atoms with Gasteiger partial charge < -0.3 is 14.9 Å². The first kappa shape index (κ1) is 24.7.